The van der Waals surface area contributed by atoms with Gasteiger partial charge in [-0.05, 0) is 58.2 Å². The highest BCUT2D eigenvalue weighted by molar-refractivity contribution is 5.36. The molecule has 19 heavy (non-hydrogen) atoms. The van der Waals surface area contributed by atoms with E-state index in [0.717, 1.165) is 25.1 Å². The van der Waals surface area contributed by atoms with Gasteiger partial charge in [0.2, 0.25) is 0 Å². The molecule has 0 radical (unpaired) electrons. The SMILES string of the molecule is CCCC(CNC(C)(C)C)Oc1cc(C)ccc1C. The first-order valence-corrected chi connectivity index (χ1v) is 7.31. The molecular weight excluding hydrogens is 234 g/mol. The predicted molar refractivity (Wildman–Crippen MR) is 83.0 cm³/mol. The van der Waals surface area contributed by atoms with Crippen LogP contribution in [0.15, 0.2) is 18.2 Å². The van der Waals surface area contributed by atoms with Crippen LogP contribution in [-0.4, -0.2) is 18.2 Å². The molecule has 0 spiro atoms. The third kappa shape index (κ3) is 6.11. The van der Waals surface area contributed by atoms with Gasteiger partial charge in [0.1, 0.15) is 11.9 Å². The summed E-state index contributed by atoms with van der Waals surface area (Å²) in [6.45, 7) is 13.9. The van der Waals surface area contributed by atoms with Gasteiger partial charge < -0.3 is 10.1 Å². The van der Waals surface area contributed by atoms with E-state index in [2.05, 4.69) is 65.1 Å². The van der Waals surface area contributed by atoms with Crippen molar-refractivity contribution < 1.29 is 4.74 Å². The van der Waals surface area contributed by atoms with Crippen LogP contribution >= 0.6 is 0 Å². The van der Waals surface area contributed by atoms with Crippen LogP contribution in [0.3, 0.4) is 0 Å². The Bertz CT molecular complexity index is 393. The Balaban J connectivity index is 2.69. The van der Waals surface area contributed by atoms with Gasteiger partial charge in [-0.1, -0.05) is 25.5 Å². The third-order valence-electron chi connectivity index (χ3n) is 3.11. The van der Waals surface area contributed by atoms with Crippen molar-refractivity contribution in [3.05, 3.63) is 29.3 Å². The molecule has 0 aliphatic heterocycles. The smallest absolute Gasteiger partial charge is 0.122 e. The lowest BCUT2D eigenvalue weighted by Crippen LogP contribution is -2.42. The maximum Gasteiger partial charge on any atom is 0.122 e. The Kier molecular flexibility index (Phi) is 5.86. The summed E-state index contributed by atoms with van der Waals surface area (Å²) < 4.78 is 6.20. The first kappa shape index (κ1) is 16.0. The van der Waals surface area contributed by atoms with E-state index in [1.807, 2.05) is 0 Å². The Labute approximate surface area is 118 Å². The van der Waals surface area contributed by atoms with Crippen LogP contribution in [0.4, 0.5) is 0 Å². The minimum atomic E-state index is 0.136. The van der Waals surface area contributed by atoms with Crippen LogP contribution in [0.5, 0.6) is 5.75 Å². The highest BCUT2D eigenvalue weighted by Gasteiger charge is 2.15. The summed E-state index contributed by atoms with van der Waals surface area (Å²) in [7, 11) is 0. The zero-order valence-corrected chi connectivity index (χ0v) is 13.3. The summed E-state index contributed by atoms with van der Waals surface area (Å²) in [5, 5.41) is 3.54. The molecular formula is C17H29NO. The normalized spacial score (nSPS) is 13.4. The average Bonchev–Trinajstić information content (AvgIpc) is 2.30. The number of hydrogen-bond donors (Lipinski definition) is 1. The molecule has 0 saturated carbocycles. The van der Waals surface area contributed by atoms with E-state index >= 15 is 0 Å². The van der Waals surface area contributed by atoms with E-state index in [9.17, 15) is 0 Å². The monoisotopic (exact) mass is 263 g/mol. The van der Waals surface area contributed by atoms with Gasteiger partial charge in [0, 0.05) is 12.1 Å². The molecule has 1 N–H and O–H groups in total. The van der Waals surface area contributed by atoms with Crippen LogP contribution < -0.4 is 10.1 Å². The van der Waals surface area contributed by atoms with Crippen LogP contribution in [-0.2, 0) is 0 Å². The molecule has 0 aromatic heterocycles. The molecule has 0 aliphatic rings. The topological polar surface area (TPSA) is 21.3 Å². The average molecular weight is 263 g/mol. The first-order chi connectivity index (χ1) is 8.81. The molecule has 2 heteroatoms. The molecule has 1 aromatic rings. The Morgan fingerprint density at radius 3 is 2.47 bits per heavy atom. The van der Waals surface area contributed by atoms with Gasteiger partial charge in [-0.15, -0.1) is 0 Å². The molecule has 1 unspecified atom stereocenters. The molecule has 0 saturated heterocycles. The standard InChI is InChI=1S/C17H29NO/c1-7-8-15(12-18-17(4,5)6)19-16-11-13(2)9-10-14(16)3/h9-11,15,18H,7-8,12H2,1-6H3. The van der Waals surface area contributed by atoms with E-state index in [1.54, 1.807) is 0 Å². The van der Waals surface area contributed by atoms with E-state index < -0.39 is 0 Å². The second-order valence-corrected chi connectivity index (χ2v) is 6.43. The summed E-state index contributed by atoms with van der Waals surface area (Å²) in [6.07, 6.45) is 2.46. The van der Waals surface area contributed by atoms with Crippen LogP contribution in [0.25, 0.3) is 0 Å². The van der Waals surface area contributed by atoms with E-state index in [1.165, 1.54) is 11.1 Å². The maximum absolute atomic E-state index is 6.20. The number of nitrogens with one attached hydrogen (secondary N) is 1. The summed E-state index contributed by atoms with van der Waals surface area (Å²) in [5.74, 6) is 1.02. The van der Waals surface area contributed by atoms with Crippen molar-refractivity contribution in [2.24, 2.45) is 0 Å². The molecule has 1 atom stereocenters. The lowest BCUT2D eigenvalue weighted by molar-refractivity contribution is 0.174. The van der Waals surface area contributed by atoms with Crippen molar-refractivity contribution in [1.29, 1.82) is 0 Å². The van der Waals surface area contributed by atoms with E-state index in [4.69, 9.17) is 4.74 Å². The van der Waals surface area contributed by atoms with Gasteiger partial charge in [0.25, 0.3) is 0 Å². The molecule has 108 valence electrons. The number of aryl methyl sites for hydroxylation is 2. The number of rotatable bonds is 6. The molecule has 0 bridgehead atoms. The Hall–Kier alpha value is -1.02. The highest BCUT2D eigenvalue weighted by atomic mass is 16.5. The third-order valence-corrected chi connectivity index (χ3v) is 3.11. The van der Waals surface area contributed by atoms with Gasteiger partial charge in [-0.3, -0.25) is 0 Å². The molecule has 1 aromatic carbocycles. The van der Waals surface area contributed by atoms with Gasteiger partial charge in [0.15, 0.2) is 0 Å². The fraction of sp³-hybridized carbons (Fsp3) is 0.647. The number of hydrogen-bond acceptors (Lipinski definition) is 2. The van der Waals surface area contributed by atoms with Crippen LogP contribution in [0, 0.1) is 13.8 Å². The maximum atomic E-state index is 6.20. The van der Waals surface area contributed by atoms with Crippen molar-refractivity contribution in [1.82, 2.24) is 5.32 Å². The van der Waals surface area contributed by atoms with Gasteiger partial charge in [-0.25, -0.2) is 0 Å². The second-order valence-electron chi connectivity index (χ2n) is 6.43. The van der Waals surface area contributed by atoms with Gasteiger partial charge in [0.05, 0.1) is 0 Å². The fourth-order valence-electron chi connectivity index (χ4n) is 1.96. The van der Waals surface area contributed by atoms with E-state index in [0.29, 0.717) is 0 Å². The zero-order chi connectivity index (χ0) is 14.5. The first-order valence-electron chi connectivity index (χ1n) is 7.31. The summed E-state index contributed by atoms with van der Waals surface area (Å²) in [5.41, 5.74) is 2.60. The van der Waals surface area contributed by atoms with Gasteiger partial charge in [-0.2, -0.15) is 0 Å². The predicted octanol–water partition coefficient (Wildman–Crippen LogP) is 4.24. The summed E-state index contributed by atoms with van der Waals surface area (Å²) in [4.78, 5) is 0. The van der Waals surface area contributed by atoms with Crippen LogP contribution in [0.2, 0.25) is 0 Å². The van der Waals surface area contributed by atoms with Crippen molar-refractivity contribution >= 4 is 0 Å². The lowest BCUT2D eigenvalue weighted by Gasteiger charge is -2.26. The molecule has 0 heterocycles. The van der Waals surface area contributed by atoms with Crippen molar-refractivity contribution in [3.8, 4) is 5.75 Å². The Morgan fingerprint density at radius 1 is 1.21 bits per heavy atom. The molecule has 0 fully saturated rings. The Morgan fingerprint density at radius 2 is 1.89 bits per heavy atom. The second kappa shape index (κ2) is 6.95. The van der Waals surface area contributed by atoms with Gasteiger partial charge >= 0.3 is 0 Å². The largest absolute Gasteiger partial charge is 0.489 e. The summed E-state index contributed by atoms with van der Waals surface area (Å²) >= 11 is 0. The molecule has 2 nitrogen and oxygen atoms in total. The van der Waals surface area contributed by atoms with Crippen molar-refractivity contribution in [2.75, 3.05) is 6.54 Å². The number of ether oxygens (including phenoxy) is 1. The lowest BCUT2D eigenvalue weighted by atomic mass is 10.1. The number of benzene rings is 1. The quantitative estimate of drug-likeness (QED) is 0.829. The zero-order valence-electron chi connectivity index (χ0n) is 13.3. The minimum absolute atomic E-state index is 0.136. The highest BCUT2D eigenvalue weighted by Crippen LogP contribution is 2.21. The fourth-order valence-corrected chi connectivity index (χ4v) is 1.96. The molecule has 0 amide bonds. The van der Waals surface area contributed by atoms with Crippen LogP contribution in [0.1, 0.15) is 51.7 Å². The minimum Gasteiger partial charge on any atom is -0.489 e. The van der Waals surface area contributed by atoms with Crippen molar-refractivity contribution in [3.63, 3.8) is 0 Å². The molecule has 0 aliphatic carbocycles. The molecule has 1 rings (SSSR count). The van der Waals surface area contributed by atoms with Crippen molar-refractivity contribution in [2.45, 2.75) is 66.0 Å². The summed E-state index contributed by atoms with van der Waals surface area (Å²) in [6, 6.07) is 6.39. The van der Waals surface area contributed by atoms with E-state index in [-0.39, 0.29) is 11.6 Å².